The van der Waals surface area contributed by atoms with Crippen molar-refractivity contribution in [3.05, 3.63) is 35.6 Å². The van der Waals surface area contributed by atoms with Crippen LogP contribution in [0.15, 0.2) is 28.7 Å². The van der Waals surface area contributed by atoms with E-state index in [-0.39, 0.29) is 0 Å². The highest BCUT2D eigenvalue weighted by atomic mass is 16.5. The maximum atomic E-state index is 11.1. The SMILES string of the molecule is CCOC(=O)NCc1cc2cccc(C)c2o1. The first-order valence-corrected chi connectivity index (χ1v) is 5.59. The largest absolute Gasteiger partial charge is 0.459 e. The maximum Gasteiger partial charge on any atom is 0.407 e. The molecular weight excluding hydrogens is 218 g/mol. The van der Waals surface area contributed by atoms with Crippen LogP contribution in [0.3, 0.4) is 0 Å². The average molecular weight is 233 g/mol. The number of rotatable bonds is 3. The molecule has 90 valence electrons. The highest BCUT2D eigenvalue weighted by Gasteiger charge is 2.07. The van der Waals surface area contributed by atoms with Gasteiger partial charge >= 0.3 is 6.09 Å². The van der Waals surface area contributed by atoms with Crippen LogP contribution in [0.5, 0.6) is 0 Å². The second-order valence-corrected chi connectivity index (χ2v) is 3.78. The molecule has 1 heterocycles. The molecule has 0 aliphatic carbocycles. The van der Waals surface area contributed by atoms with E-state index < -0.39 is 6.09 Å². The fourth-order valence-corrected chi connectivity index (χ4v) is 1.69. The third-order valence-corrected chi connectivity index (χ3v) is 2.47. The Morgan fingerprint density at radius 2 is 2.29 bits per heavy atom. The van der Waals surface area contributed by atoms with Gasteiger partial charge < -0.3 is 14.5 Å². The summed E-state index contributed by atoms with van der Waals surface area (Å²) >= 11 is 0. The van der Waals surface area contributed by atoms with Crippen LogP contribution in [0.4, 0.5) is 4.79 Å². The Morgan fingerprint density at radius 3 is 3.00 bits per heavy atom. The molecule has 4 nitrogen and oxygen atoms in total. The summed E-state index contributed by atoms with van der Waals surface area (Å²) in [6, 6.07) is 7.89. The van der Waals surface area contributed by atoms with Crippen molar-refractivity contribution in [2.24, 2.45) is 0 Å². The molecule has 0 bridgehead atoms. The van der Waals surface area contributed by atoms with Crippen molar-refractivity contribution < 1.29 is 13.9 Å². The number of nitrogens with one attached hydrogen (secondary N) is 1. The zero-order valence-electron chi connectivity index (χ0n) is 9.95. The van der Waals surface area contributed by atoms with Gasteiger partial charge in [0.1, 0.15) is 11.3 Å². The molecule has 1 aromatic heterocycles. The Bertz CT molecular complexity index is 530. The van der Waals surface area contributed by atoms with Gasteiger partial charge in [-0.2, -0.15) is 0 Å². The molecule has 0 radical (unpaired) electrons. The fraction of sp³-hybridized carbons (Fsp3) is 0.308. The Morgan fingerprint density at radius 1 is 1.47 bits per heavy atom. The fourth-order valence-electron chi connectivity index (χ4n) is 1.69. The summed E-state index contributed by atoms with van der Waals surface area (Å²) < 4.78 is 10.4. The number of aryl methyl sites for hydroxylation is 1. The number of benzene rings is 1. The predicted octanol–water partition coefficient (Wildman–Crippen LogP) is 2.99. The summed E-state index contributed by atoms with van der Waals surface area (Å²) in [6.45, 7) is 4.47. The summed E-state index contributed by atoms with van der Waals surface area (Å²) in [7, 11) is 0. The third-order valence-electron chi connectivity index (χ3n) is 2.47. The van der Waals surface area contributed by atoms with E-state index in [9.17, 15) is 4.79 Å². The molecule has 1 N–H and O–H groups in total. The van der Waals surface area contributed by atoms with E-state index in [1.165, 1.54) is 0 Å². The van der Waals surface area contributed by atoms with E-state index in [0.29, 0.717) is 13.2 Å². The highest BCUT2D eigenvalue weighted by molar-refractivity contribution is 5.81. The van der Waals surface area contributed by atoms with Crippen LogP contribution in [-0.4, -0.2) is 12.7 Å². The van der Waals surface area contributed by atoms with E-state index in [1.54, 1.807) is 6.92 Å². The number of carbonyl (C=O) groups excluding carboxylic acids is 1. The Labute approximate surface area is 99.6 Å². The molecule has 0 spiro atoms. The molecule has 0 unspecified atom stereocenters. The first kappa shape index (κ1) is 11.5. The zero-order chi connectivity index (χ0) is 12.3. The Balaban J connectivity index is 2.10. The standard InChI is InChI=1S/C13H15NO3/c1-3-16-13(15)14-8-11-7-10-6-4-5-9(2)12(10)17-11/h4-7H,3,8H2,1-2H3,(H,14,15). The second kappa shape index (κ2) is 4.91. The van der Waals surface area contributed by atoms with E-state index in [1.807, 2.05) is 31.2 Å². The van der Waals surface area contributed by atoms with Crippen molar-refractivity contribution in [2.75, 3.05) is 6.61 Å². The van der Waals surface area contributed by atoms with Gasteiger partial charge in [0.05, 0.1) is 13.2 Å². The zero-order valence-corrected chi connectivity index (χ0v) is 9.95. The number of fused-ring (bicyclic) bond motifs is 1. The number of amides is 1. The van der Waals surface area contributed by atoms with Gasteiger partial charge in [0.15, 0.2) is 0 Å². The Hall–Kier alpha value is -1.97. The van der Waals surface area contributed by atoms with Crippen LogP contribution in [0.2, 0.25) is 0 Å². The average Bonchev–Trinajstić information content (AvgIpc) is 2.71. The van der Waals surface area contributed by atoms with Crippen LogP contribution < -0.4 is 5.32 Å². The summed E-state index contributed by atoms with van der Waals surface area (Å²) in [4.78, 5) is 11.1. The molecule has 0 saturated carbocycles. The second-order valence-electron chi connectivity index (χ2n) is 3.78. The van der Waals surface area contributed by atoms with Crippen LogP contribution >= 0.6 is 0 Å². The van der Waals surface area contributed by atoms with Gasteiger partial charge in [0.25, 0.3) is 0 Å². The van der Waals surface area contributed by atoms with Gasteiger partial charge in [-0.25, -0.2) is 4.79 Å². The normalized spacial score (nSPS) is 10.5. The molecule has 17 heavy (non-hydrogen) atoms. The van der Waals surface area contributed by atoms with Gasteiger partial charge in [0.2, 0.25) is 0 Å². The summed E-state index contributed by atoms with van der Waals surface area (Å²) in [5, 5.41) is 3.67. The molecule has 2 aromatic rings. The summed E-state index contributed by atoms with van der Waals surface area (Å²) in [6.07, 6.45) is -0.426. The number of furan rings is 1. The van der Waals surface area contributed by atoms with E-state index in [2.05, 4.69) is 5.32 Å². The van der Waals surface area contributed by atoms with Crippen molar-refractivity contribution in [3.8, 4) is 0 Å². The van der Waals surface area contributed by atoms with Crippen molar-refractivity contribution >= 4 is 17.1 Å². The number of ether oxygens (including phenoxy) is 1. The number of para-hydroxylation sites is 1. The van der Waals surface area contributed by atoms with E-state index in [0.717, 1.165) is 22.3 Å². The summed E-state index contributed by atoms with van der Waals surface area (Å²) in [5.41, 5.74) is 1.96. The molecule has 0 atom stereocenters. The van der Waals surface area contributed by atoms with Gasteiger partial charge in [-0.15, -0.1) is 0 Å². The van der Waals surface area contributed by atoms with Crippen LogP contribution in [-0.2, 0) is 11.3 Å². The van der Waals surface area contributed by atoms with Gasteiger partial charge in [-0.1, -0.05) is 18.2 Å². The molecule has 1 amide bonds. The minimum absolute atomic E-state index is 0.340. The number of hydrogen-bond donors (Lipinski definition) is 1. The van der Waals surface area contributed by atoms with Crippen molar-refractivity contribution in [1.82, 2.24) is 5.32 Å². The van der Waals surface area contributed by atoms with E-state index >= 15 is 0 Å². The predicted molar refractivity (Wildman–Crippen MR) is 64.8 cm³/mol. The topological polar surface area (TPSA) is 51.5 Å². The molecule has 0 fully saturated rings. The molecule has 0 saturated heterocycles. The highest BCUT2D eigenvalue weighted by Crippen LogP contribution is 2.22. The lowest BCUT2D eigenvalue weighted by molar-refractivity contribution is 0.151. The number of carbonyl (C=O) groups is 1. The molecule has 0 aliphatic heterocycles. The van der Waals surface area contributed by atoms with Gasteiger partial charge in [0, 0.05) is 5.39 Å². The van der Waals surface area contributed by atoms with Crippen molar-refractivity contribution in [3.63, 3.8) is 0 Å². The molecule has 4 heteroatoms. The number of alkyl carbamates (subject to hydrolysis) is 1. The smallest absolute Gasteiger partial charge is 0.407 e. The quantitative estimate of drug-likeness (QED) is 0.886. The first-order valence-electron chi connectivity index (χ1n) is 5.59. The first-order chi connectivity index (χ1) is 8.20. The van der Waals surface area contributed by atoms with E-state index in [4.69, 9.17) is 9.15 Å². The van der Waals surface area contributed by atoms with Crippen molar-refractivity contribution in [1.29, 1.82) is 0 Å². The van der Waals surface area contributed by atoms with Gasteiger partial charge in [-0.3, -0.25) is 0 Å². The monoisotopic (exact) mass is 233 g/mol. The lowest BCUT2D eigenvalue weighted by atomic mass is 10.2. The van der Waals surface area contributed by atoms with Crippen LogP contribution in [0.1, 0.15) is 18.2 Å². The maximum absolute atomic E-state index is 11.1. The lowest BCUT2D eigenvalue weighted by Gasteiger charge is -2.02. The summed E-state index contributed by atoms with van der Waals surface area (Å²) in [5.74, 6) is 0.724. The molecule has 0 aliphatic rings. The third kappa shape index (κ3) is 2.58. The van der Waals surface area contributed by atoms with Crippen LogP contribution in [0, 0.1) is 6.92 Å². The Kier molecular flexibility index (Phi) is 3.32. The molecule has 2 rings (SSSR count). The lowest BCUT2D eigenvalue weighted by Crippen LogP contribution is -2.23. The number of hydrogen-bond acceptors (Lipinski definition) is 3. The minimum Gasteiger partial charge on any atom is -0.459 e. The van der Waals surface area contributed by atoms with Crippen molar-refractivity contribution in [2.45, 2.75) is 20.4 Å². The molecular formula is C13H15NO3. The van der Waals surface area contributed by atoms with Gasteiger partial charge in [-0.05, 0) is 25.5 Å². The minimum atomic E-state index is -0.426. The van der Waals surface area contributed by atoms with Crippen LogP contribution in [0.25, 0.3) is 11.0 Å². The molecule has 1 aromatic carbocycles.